The van der Waals surface area contributed by atoms with E-state index in [9.17, 15) is 4.79 Å². The van der Waals surface area contributed by atoms with Crippen molar-refractivity contribution in [2.45, 2.75) is 19.9 Å². The number of ether oxygens (including phenoxy) is 1. The van der Waals surface area contributed by atoms with Crippen LogP contribution in [-0.4, -0.2) is 42.2 Å². The quantitative estimate of drug-likeness (QED) is 0.850. The maximum absolute atomic E-state index is 11.9. The summed E-state index contributed by atoms with van der Waals surface area (Å²) >= 11 is 6.28. The maximum atomic E-state index is 11.9. The van der Waals surface area contributed by atoms with Crippen molar-refractivity contribution < 1.29 is 9.53 Å². The van der Waals surface area contributed by atoms with Gasteiger partial charge in [0.15, 0.2) is 5.75 Å². The summed E-state index contributed by atoms with van der Waals surface area (Å²) in [6.07, 6.45) is 0. The van der Waals surface area contributed by atoms with Crippen LogP contribution in [0.3, 0.4) is 0 Å². The van der Waals surface area contributed by atoms with E-state index in [-0.39, 0.29) is 17.7 Å². The molecule has 2 heterocycles. The smallest absolute Gasteiger partial charge is 0.153 e. The molecule has 0 spiro atoms. The summed E-state index contributed by atoms with van der Waals surface area (Å²) < 4.78 is 6.12. The van der Waals surface area contributed by atoms with Crippen LogP contribution in [0.15, 0.2) is 47.5 Å². The Kier molecular flexibility index (Phi) is 4.89. The van der Waals surface area contributed by atoms with E-state index in [4.69, 9.17) is 21.3 Å². The highest BCUT2D eigenvalue weighted by Gasteiger charge is 2.30. The molecular weight excluding hydrogens is 362 g/mol. The molecule has 2 aromatic rings. The van der Waals surface area contributed by atoms with Crippen molar-refractivity contribution in [2.75, 3.05) is 19.6 Å². The van der Waals surface area contributed by atoms with Crippen LogP contribution in [0, 0.1) is 5.92 Å². The van der Waals surface area contributed by atoms with E-state index >= 15 is 0 Å². The minimum Gasteiger partial charge on any atom is -0.454 e. The third kappa shape index (κ3) is 3.57. The number of hydrogen-bond acceptors (Lipinski definition) is 5. The molecule has 0 aromatic heterocycles. The van der Waals surface area contributed by atoms with Gasteiger partial charge in [-0.25, -0.2) is 4.99 Å². The summed E-state index contributed by atoms with van der Waals surface area (Å²) in [5, 5.41) is 4.10. The molecule has 27 heavy (non-hydrogen) atoms. The molecule has 0 aliphatic carbocycles. The SMILES string of the molecule is CC(=O)[C@H](C)C1CN(C2=Nc3ccccc3Oc3ccc(Cl)cc32)CCN1. The van der Waals surface area contributed by atoms with Crippen molar-refractivity contribution in [3.8, 4) is 11.5 Å². The first-order valence-corrected chi connectivity index (χ1v) is 9.55. The third-order valence-corrected chi connectivity index (χ3v) is 5.48. The molecule has 140 valence electrons. The van der Waals surface area contributed by atoms with E-state index in [0.29, 0.717) is 11.6 Å². The van der Waals surface area contributed by atoms with Crippen LogP contribution in [-0.2, 0) is 4.79 Å². The summed E-state index contributed by atoms with van der Waals surface area (Å²) in [6.45, 7) is 5.91. The molecule has 0 radical (unpaired) electrons. The Balaban J connectivity index is 1.77. The molecule has 1 unspecified atom stereocenters. The first-order chi connectivity index (χ1) is 13.0. The second-order valence-electron chi connectivity index (χ2n) is 7.05. The van der Waals surface area contributed by atoms with Crippen LogP contribution in [0.2, 0.25) is 5.02 Å². The Morgan fingerprint density at radius 2 is 2.11 bits per heavy atom. The van der Waals surface area contributed by atoms with Crippen molar-refractivity contribution in [3.05, 3.63) is 53.1 Å². The summed E-state index contributed by atoms with van der Waals surface area (Å²) in [4.78, 5) is 19.0. The van der Waals surface area contributed by atoms with Crippen LogP contribution in [0.4, 0.5) is 5.69 Å². The molecule has 5 nitrogen and oxygen atoms in total. The number of fused-ring (bicyclic) bond motifs is 2. The van der Waals surface area contributed by atoms with E-state index in [1.54, 1.807) is 6.92 Å². The predicted octanol–water partition coefficient (Wildman–Crippen LogP) is 4.02. The van der Waals surface area contributed by atoms with Gasteiger partial charge in [0.1, 0.15) is 23.1 Å². The number of carbonyl (C=O) groups is 1. The predicted molar refractivity (Wildman–Crippen MR) is 107 cm³/mol. The molecule has 6 heteroatoms. The van der Waals surface area contributed by atoms with Crippen LogP contribution < -0.4 is 10.1 Å². The number of carbonyl (C=O) groups excluding carboxylic acids is 1. The zero-order valence-electron chi connectivity index (χ0n) is 15.4. The second kappa shape index (κ2) is 7.33. The number of aliphatic imine (C=N–C) groups is 1. The van der Waals surface area contributed by atoms with Gasteiger partial charge >= 0.3 is 0 Å². The van der Waals surface area contributed by atoms with Gasteiger partial charge in [0.25, 0.3) is 0 Å². The lowest BCUT2D eigenvalue weighted by Crippen LogP contribution is -2.56. The molecule has 2 aliphatic heterocycles. The van der Waals surface area contributed by atoms with Gasteiger partial charge in [-0.2, -0.15) is 0 Å². The van der Waals surface area contributed by atoms with Crippen molar-refractivity contribution in [1.82, 2.24) is 10.2 Å². The highest BCUT2D eigenvalue weighted by atomic mass is 35.5. The maximum Gasteiger partial charge on any atom is 0.153 e. The average Bonchev–Trinajstić information content (AvgIpc) is 2.84. The number of amidine groups is 1. The number of para-hydroxylation sites is 2. The Morgan fingerprint density at radius 3 is 2.93 bits per heavy atom. The molecule has 1 saturated heterocycles. The molecule has 2 aromatic carbocycles. The third-order valence-electron chi connectivity index (χ3n) is 5.24. The van der Waals surface area contributed by atoms with Crippen molar-refractivity contribution >= 4 is 28.9 Å². The minimum atomic E-state index is -0.0541. The van der Waals surface area contributed by atoms with Gasteiger partial charge in [0.2, 0.25) is 0 Å². The number of ketones is 1. The molecule has 2 aliphatic rings. The van der Waals surface area contributed by atoms with Crippen molar-refractivity contribution in [2.24, 2.45) is 10.9 Å². The van der Waals surface area contributed by atoms with Crippen molar-refractivity contribution in [1.29, 1.82) is 0 Å². The van der Waals surface area contributed by atoms with Gasteiger partial charge in [-0.1, -0.05) is 30.7 Å². The number of rotatable bonds is 2. The molecule has 0 bridgehead atoms. The molecule has 0 saturated carbocycles. The Morgan fingerprint density at radius 1 is 1.30 bits per heavy atom. The summed E-state index contributed by atoms with van der Waals surface area (Å²) in [5.41, 5.74) is 1.66. The lowest BCUT2D eigenvalue weighted by atomic mass is 9.95. The van der Waals surface area contributed by atoms with Crippen LogP contribution in [0.5, 0.6) is 11.5 Å². The Labute approximate surface area is 164 Å². The summed E-state index contributed by atoms with van der Waals surface area (Å²) in [7, 11) is 0. The zero-order chi connectivity index (χ0) is 19.0. The molecule has 1 N–H and O–H groups in total. The standard InChI is InChI=1S/C21H22ClN3O2/c1-13(14(2)26)18-12-25(10-9-23-18)21-16-11-15(22)7-8-19(16)27-20-6-4-3-5-17(20)24-21/h3-8,11,13,18,23H,9-10,12H2,1-2H3/t13-,18?/m0/s1. The zero-order valence-corrected chi connectivity index (χ0v) is 16.2. The Bertz CT molecular complexity index is 912. The Hall–Kier alpha value is -2.37. The summed E-state index contributed by atoms with van der Waals surface area (Å²) in [6, 6.07) is 13.4. The largest absolute Gasteiger partial charge is 0.454 e. The van der Waals surface area contributed by atoms with Crippen LogP contribution in [0.1, 0.15) is 19.4 Å². The van der Waals surface area contributed by atoms with Crippen LogP contribution in [0.25, 0.3) is 0 Å². The van der Waals surface area contributed by atoms with E-state index in [0.717, 1.165) is 41.7 Å². The first-order valence-electron chi connectivity index (χ1n) is 9.17. The molecule has 1 fully saturated rings. The highest BCUT2D eigenvalue weighted by molar-refractivity contribution is 6.31. The van der Waals surface area contributed by atoms with Crippen molar-refractivity contribution in [3.63, 3.8) is 0 Å². The first kappa shape index (κ1) is 18.0. The fraction of sp³-hybridized carbons (Fsp3) is 0.333. The fourth-order valence-electron chi connectivity index (χ4n) is 3.52. The average molecular weight is 384 g/mol. The second-order valence-corrected chi connectivity index (χ2v) is 7.49. The van der Waals surface area contributed by atoms with E-state index in [1.807, 2.05) is 49.4 Å². The van der Waals surface area contributed by atoms with E-state index in [1.165, 1.54) is 0 Å². The topological polar surface area (TPSA) is 53.9 Å². The number of piperazine rings is 1. The van der Waals surface area contributed by atoms with Gasteiger partial charge in [-0.15, -0.1) is 0 Å². The van der Waals surface area contributed by atoms with Gasteiger partial charge in [-0.05, 0) is 37.3 Å². The molecule has 4 rings (SSSR count). The number of hydrogen-bond donors (Lipinski definition) is 1. The van der Waals surface area contributed by atoms with E-state index < -0.39 is 0 Å². The summed E-state index contributed by atoms with van der Waals surface area (Å²) in [5.74, 6) is 2.42. The number of benzene rings is 2. The number of Topliss-reactive ketones (excluding diaryl/α,β-unsaturated/α-hetero) is 1. The number of halogens is 1. The molecule has 0 amide bonds. The molecular formula is C21H22ClN3O2. The number of nitrogens with zero attached hydrogens (tertiary/aromatic N) is 2. The van der Waals surface area contributed by atoms with Gasteiger partial charge in [-0.3, -0.25) is 4.79 Å². The molecule has 2 atom stereocenters. The minimum absolute atomic E-state index is 0.0541. The highest BCUT2D eigenvalue weighted by Crippen LogP contribution is 2.39. The van der Waals surface area contributed by atoms with Gasteiger partial charge < -0.3 is 15.0 Å². The van der Waals surface area contributed by atoms with Gasteiger partial charge in [0.05, 0.1) is 5.56 Å². The van der Waals surface area contributed by atoms with Gasteiger partial charge in [0, 0.05) is 36.6 Å². The lowest BCUT2D eigenvalue weighted by molar-refractivity contribution is -0.121. The lowest BCUT2D eigenvalue weighted by Gasteiger charge is -2.37. The monoisotopic (exact) mass is 383 g/mol. The fourth-order valence-corrected chi connectivity index (χ4v) is 3.70. The number of nitrogens with one attached hydrogen (secondary N) is 1. The van der Waals surface area contributed by atoms with E-state index in [2.05, 4.69) is 10.2 Å². The van der Waals surface area contributed by atoms with Crippen LogP contribution >= 0.6 is 11.6 Å². The normalized spacial score (nSPS) is 19.9.